The topological polar surface area (TPSA) is 70.2 Å². The van der Waals surface area contributed by atoms with Crippen LogP contribution in [0, 0.1) is 0 Å². The number of para-hydroxylation sites is 1. The van der Waals surface area contributed by atoms with Gasteiger partial charge in [0.15, 0.2) is 5.82 Å². The number of aromatic amines is 2. The molecule has 0 aliphatic rings. The largest absolute Gasteiger partial charge is 0.337 e. The molecule has 0 radical (unpaired) electrons. The zero-order valence-electron chi connectivity index (χ0n) is 15.3. The van der Waals surface area contributed by atoms with Crippen LogP contribution in [0.5, 0.6) is 0 Å². The van der Waals surface area contributed by atoms with E-state index in [4.69, 9.17) is 4.98 Å². The number of fused-ring (bicyclic) bond motifs is 2. The first-order valence-electron chi connectivity index (χ1n) is 9.27. The van der Waals surface area contributed by atoms with Crippen molar-refractivity contribution in [1.82, 2.24) is 25.1 Å². The predicted octanol–water partition coefficient (Wildman–Crippen LogP) is 5.90. The van der Waals surface area contributed by atoms with Crippen molar-refractivity contribution in [2.75, 3.05) is 0 Å². The second kappa shape index (κ2) is 6.39. The monoisotopic (exact) mass is 393 g/mol. The number of aromatic nitrogens is 5. The van der Waals surface area contributed by atoms with Gasteiger partial charge in [0.2, 0.25) is 0 Å². The lowest BCUT2D eigenvalue weighted by molar-refractivity contribution is 1.11. The Bertz CT molecular complexity index is 1450. The molecule has 0 saturated carbocycles. The quantitative estimate of drug-likeness (QED) is 0.393. The van der Waals surface area contributed by atoms with Crippen molar-refractivity contribution in [3.63, 3.8) is 0 Å². The van der Waals surface area contributed by atoms with E-state index in [9.17, 15) is 0 Å². The summed E-state index contributed by atoms with van der Waals surface area (Å²) < 4.78 is 0. The molecular formula is C23H15N5S. The zero-order chi connectivity index (χ0) is 19.2. The van der Waals surface area contributed by atoms with Crippen LogP contribution in [0.4, 0.5) is 0 Å². The lowest BCUT2D eigenvalue weighted by atomic mass is 10.0. The van der Waals surface area contributed by atoms with Gasteiger partial charge in [0.05, 0.1) is 16.6 Å². The first-order valence-corrected chi connectivity index (χ1v) is 10.2. The maximum absolute atomic E-state index is 4.92. The molecule has 0 spiro atoms. The number of pyridine rings is 1. The molecule has 2 aromatic carbocycles. The fourth-order valence-electron chi connectivity index (χ4n) is 3.70. The second-order valence-corrected chi connectivity index (χ2v) is 7.65. The van der Waals surface area contributed by atoms with Crippen LogP contribution in [0.3, 0.4) is 0 Å². The van der Waals surface area contributed by atoms with Crippen LogP contribution in [0.1, 0.15) is 0 Å². The molecule has 4 aromatic heterocycles. The summed E-state index contributed by atoms with van der Waals surface area (Å²) in [6, 6.07) is 18.6. The van der Waals surface area contributed by atoms with Gasteiger partial charge in [-0.15, -0.1) is 0 Å². The molecule has 6 heteroatoms. The molecule has 5 nitrogen and oxygen atoms in total. The Balaban J connectivity index is 1.53. The normalized spacial score (nSPS) is 11.4. The number of nitrogens with one attached hydrogen (secondary N) is 2. The molecule has 2 N–H and O–H groups in total. The van der Waals surface area contributed by atoms with Crippen LogP contribution in [0.15, 0.2) is 77.8 Å². The van der Waals surface area contributed by atoms with E-state index < -0.39 is 0 Å². The first kappa shape index (κ1) is 16.2. The van der Waals surface area contributed by atoms with Crippen molar-refractivity contribution in [2.45, 2.75) is 0 Å². The van der Waals surface area contributed by atoms with Crippen molar-refractivity contribution >= 4 is 33.3 Å². The minimum absolute atomic E-state index is 0.761. The molecule has 0 aliphatic carbocycles. The summed E-state index contributed by atoms with van der Waals surface area (Å²) in [5.41, 5.74) is 8.24. The number of benzene rings is 2. The standard InChI is InChI=1S/C23H15N5S/c1-4-17(16-8-10-29-13-16)21-20(5-1)25-23(26-21)22-18-11-14(6-7-19(18)27-28-22)15-3-2-9-24-12-15/h1-13H,(H,25,26)(H,27,28). The van der Waals surface area contributed by atoms with Crippen LogP contribution in [-0.2, 0) is 0 Å². The Morgan fingerprint density at radius 3 is 2.72 bits per heavy atom. The molecule has 0 saturated heterocycles. The van der Waals surface area contributed by atoms with Gasteiger partial charge in [0, 0.05) is 28.9 Å². The minimum atomic E-state index is 0.761. The number of imidazole rings is 1. The Labute approximate surface area is 170 Å². The van der Waals surface area contributed by atoms with Crippen LogP contribution in [0.2, 0.25) is 0 Å². The Morgan fingerprint density at radius 2 is 1.86 bits per heavy atom. The fraction of sp³-hybridized carbons (Fsp3) is 0. The van der Waals surface area contributed by atoms with Gasteiger partial charge in [-0.1, -0.05) is 24.3 Å². The third kappa shape index (κ3) is 2.65. The second-order valence-electron chi connectivity index (χ2n) is 6.87. The molecule has 138 valence electrons. The van der Waals surface area contributed by atoms with Crippen molar-refractivity contribution in [3.05, 3.63) is 77.8 Å². The molecule has 29 heavy (non-hydrogen) atoms. The average Bonchev–Trinajstić information content (AvgIpc) is 3.52. The summed E-state index contributed by atoms with van der Waals surface area (Å²) >= 11 is 1.69. The highest BCUT2D eigenvalue weighted by Crippen LogP contribution is 2.33. The molecule has 6 aromatic rings. The fourth-order valence-corrected chi connectivity index (χ4v) is 4.36. The van der Waals surface area contributed by atoms with E-state index in [1.165, 1.54) is 5.56 Å². The molecule has 0 fully saturated rings. The Hall–Kier alpha value is -3.77. The van der Waals surface area contributed by atoms with Gasteiger partial charge in [-0.2, -0.15) is 16.4 Å². The molecule has 0 unspecified atom stereocenters. The Kier molecular flexibility index (Phi) is 3.57. The van der Waals surface area contributed by atoms with Gasteiger partial charge in [-0.25, -0.2) is 4.98 Å². The molecule has 0 bridgehead atoms. The van der Waals surface area contributed by atoms with Gasteiger partial charge in [-0.3, -0.25) is 10.1 Å². The van der Waals surface area contributed by atoms with E-state index in [0.29, 0.717) is 0 Å². The zero-order valence-corrected chi connectivity index (χ0v) is 16.1. The summed E-state index contributed by atoms with van der Waals surface area (Å²) in [5, 5.41) is 12.9. The van der Waals surface area contributed by atoms with Gasteiger partial charge in [0.1, 0.15) is 5.69 Å². The van der Waals surface area contributed by atoms with Crippen molar-refractivity contribution in [3.8, 4) is 33.8 Å². The lowest BCUT2D eigenvalue weighted by Gasteiger charge is -2.01. The van der Waals surface area contributed by atoms with Crippen molar-refractivity contribution in [1.29, 1.82) is 0 Å². The number of hydrogen-bond acceptors (Lipinski definition) is 4. The first-order chi connectivity index (χ1) is 14.4. The van der Waals surface area contributed by atoms with Crippen LogP contribution < -0.4 is 0 Å². The van der Waals surface area contributed by atoms with Gasteiger partial charge in [-0.05, 0) is 52.2 Å². The van der Waals surface area contributed by atoms with E-state index in [2.05, 4.69) is 73.4 Å². The van der Waals surface area contributed by atoms with Crippen molar-refractivity contribution in [2.24, 2.45) is 0 Å². The van der Waals surface area contributed by atoms with Gasteiger partial charge >= 0.3 is 0 Å². The highest BCUT2D eigenvalue weighted by molar-refractivity contribution is 7.08. The summed E-state index contributed by atoms with van der Waals surface area (Å²) in [7, 11) is 0. The van der Waals surface area contributed by atoms with Crippen LogP contribution in [0.25, 0.3) is 55.7 Å². The van der Waals surface area contributed by atoms with Gasteiger partial charge in [0.25, 0.3) is 0 Å². The predicted molar refractivity (Wildman–Crippen MR) is 118 cm³/mol. The number of nitrogens with zero attached hydrogens (tertiary/aromatic N) is 3. The molecule has 4 heterocycles. The third-order valence-corrected chi connectivity index (χ3v) is 5.81. The van der Waals surface area contributed by atoms with E-state index in [1.54, 1.807) is 17.5 Å². The third-order valence-electron chi connectivity index (χ3n) is 5.13. The van der Waals surface area contributed by atoms with Crippen molar-refractivity contribution < 1.29 is 0 Å². The molecule has 0 aliphatic heterocycles. The number of thiophene rings is 1. The van der Waals surface area contributed by atoms with E-state index in [-0.39, 0.29) is 0 Å². The number of rotatable bonds is 3. The minimum Gasteiger partial charge on any atom is -0.337 e. The SMILES string of the molecule is c1cncc(-c2ccc3[nH]nc(-c4nc5c(-c6ccsc6)cccc5[nH]4)c3c2)c1. The molecular weight excluding hydrogens is 378 g/mol. The summed E-state index contributed by atoms with van der Waals surface area (Å²) in [5.74, 6) is 0.761. The summed E-state index contributed by atoms with van der Waals surface area (Å²) in [6.45, 7) is 0. The molecule has 6 rings (SSSR count). The highest BCUT2D eigenvalue weighted by atomic mass is 32.1. The Morgan fingerprint density at radius 1 is 0.862 bits per heavy atom. The van der Waals surface area contributed by atoms with Crippen LogP contribution >= 0.6 is 11.3 Å². The maximum Gasteiger partial charge on any atom is 0.159 e. The smallest absolute Gasteiger partial charge is 0.159 e. The van der Waals surface area contributed by atoms with E-state index >= 15 is 0 Å². The number of H-pyrrole nitrogens is 2. The summed E-state index contributed by atoms with van der Waals surface area (Å²) in [6.07, 6.45) is 3.65. The van der Waals surface area contributed by atoms with E-state index in [1.807, 2.05) is 18.3 Å². The van der Waals surface area contributed by atoms with E-state index in [0.717, 1.165) is 50.1 Å². The number of hydrogen-bond donors (Lipinski definition) is 2. The van der Waals surface area contributed by atoms with Gasteiger partial charge < -0.3 is 4.98 Å². The molecule has 0 amide bonds. The lowest BCUT2D eigenvalue weighted by Crippen LogP contribution is -1.83. The summed E-state index contributed by atoms with van der Waals surface area (Å²) in [4.78, 5) is 12.6. The average molecular weight is 393 g/mol. The maximum atomic E-state index is 4.92. The highest BCUT2D eigenvalue weighted by Gasteiger charge is 2.15. The molecule has 0 atom stereocenters. The van der Waals surface area contributed by atoms with Crippen LogP contribution in [-0.4, -0.2) is 25.1 Å².